The lowest BCUT2D eigenvalue weighted by molar-refractivity contribution is 0.0955. The van der Waals surface area contributed by atoms with Gasteiger partial charge in [0.1, 0.15) is 0 Å². The number of pyridine rings is 1. The number of nitrogens with zero attached hydrogens (tertiary/aromatic N) is 1. The van der Waals surface area contributed by atoms with Crippen LogP contribution in [-0.2, 0) is 11.2 Å². The van der Waals surface area contributed by atoms with Gasteiger partial charge in [-0.25, -0.2) is 0 Å². The van der Waals surface area contributed by atoms with Crippen molar-refractivity contribution in [2.75, 3.05) is 6.61 Å². The molecule has 2 atom stereocenters. The molecule has 1 aromatic heterocycles. The predicted molar refractivity (Wildman–Crippen MR) is 59.9 cm³/mol. The van der Waals surface area contributed by atoms with E-state index in [-0.39, 0.29) is 11.6 Å². The van der Waals surface area contributed by atoms with E-state index in [2.05, 4.69) is 4.98 Å². The van der Waals surface area contributed by atoms with Crippen molar-refractivity contribution in [2.24, 2.45) is 5.73 Å². The summed E-state index contributed by atoms with van der Waals surface area (Å²) < 4.78 is 5.50. The third-order valence-corrected chi connectivity index (χ3v) is 3.46. The second-order valence-electron chi connectivity index (χ2n) is 4.14. The minimum absolute atomic E-state index is 0.0849. The highest BCUT2D eigenvalue weighted by atomic mass is 35.5. The zero-order chi connectivity index (χ0) is 10.9. The van der Waals surface area contributed by atoms with Gasteiger partial charge in [0.2, 0.25) is 0 Å². The van der Waals surface area contributed by atoms with Gasteiger partial charge in [-0.15, -0.1) is 0 Å². The van der Waals surface area contributed by atoms with Gasteiger partial charge in [0.25, 0.3) is 0 Å². The van der Waals surface area contributed by atoms with Crippen LogP contribution in [0, 0.1) is 0 Å². The number of rotatable bonds is 2. The van der Waals surface area contributed by atoms with Crippen molar-refractivity contribution >= 4 is 11.6 Å². The molecule has 0 aromatic carbocycles. The molecule has 15 heavy (non-hydrogen) atoms. The van der Waals surface area contributed by atoms with E-state index in [9.17, 15) is 0 Å². The molecule has 0 saturated carbocycles. The summed E-state index contributed by atoms with van der Waals surface area (Å²) in [6.45, 7) is 2.75. The Balaban J connectivity index is 2.18. The van der Waals surface area contributed by atoms with Crippen LogP contribution >= 0.6 is 11.6 Å². The van der Waals surface area contributed by atoms with Crippen molar-refractivity contribution in [3.63, 3.8) is 0 Å². The van der Waals surface area contributed by atoms with Crippen LogP contribution < -0.4 is 5.73 Å². The molecule has 0 radical (unpaired) electrons. The van der Waals surface area contributed by atoms with Crippen molar-refractivity contribution < 1.29 is 4.74 Å². The molecule has 1 saturated heterocycles. The van der Waals surface area contributed by atoms with Crippen molar-refractivity contribution in [2.45, 2.75) is 31.4 Å². The SMILES string of the molecule is CC1OCCC1(N)Cc1ccncc1Cl. The summed E-state index contributed by atoms with van der Waals surface area (Å²) in [7, 11) is 0. The maximum absolute atomic E-state index is 6.30. The normalized spacial score (nSPS) is 30.7. The summed E-state index contributed by atoms with van der Waals surface area (Å²) in [6, 6.07) is 1.92. The molecule has 0 bridgehead atoms. The number of halogens is 1. The summed E-state index contributed by atoms with van der Waals surface area (Å²) >= 11 is 6.05. The number of ether oxygens (including phenoxy) is 1. The molecular weight excluding hydrogens is 212 g/mol. The number of hydrogen-bond acceptors (Lipinski definition) is 3. The summed E-state index contributed by atoms with van der Waals surface area (Å²) in [5, 5.41) is 0.682. The molecular formula is C11H15ClN2O. The van der Waals surface area contributed by atoms with Gasteiger partial charge in [0, 0.05) is 24.5 Å². The Morgan fingerprint density at radius 2 is 2.53 bits per heavy atom. The summed E-state index contributed by atoms with van der Waals surface area (Å²) in [4.78, 5) is 3.96. The zero-order valence-electron chi connectivity index (χ0n) is 8.74. The second-order valence-corrected chi connectivity index (χ2v) is 4.55. The average molecular weight is 227 g/mol. The van der Waals surface area contributed by atoms with E-state index in [1.165, 1.54) is 0 Å². The molecule has 2 rings (SSSR count). The fourth-order valence-electron chi connectivity index (χ4n) is 1.93. The number of nitrogens with two attached hydrogens (primary N) is 1. The predicted octanol–water partition coefficient (Wildman–Crippen LogP) is 1.78. The minimum atomic E-state index is -0.287. The van der Waals surface area contributed by atoms with E-state index in [1.54, 1.807) is 12.4 Å². The smallest absolute Gasteiger partial charge is 0.0730 e. The van der Waals surface area contributed by atoms with Crippen molar-refractivity contribution in [1.82, 2.24) is 4.98 Å². The average Bonchev–Trinajstić information content (AvgIpc) is 2.51. The molecule has 1 aromatic rings. The Labute approximate surface area is 94.6 Å². The lowest BCUT2D eigenvalue weighted by Crippen LogP contribution is -2.48. The molecule has 82 valence electrons. The third-order valence-electron chi connectivity index (χ3n) is 3.12. The monoisotopic (exact) mass is 226 g/mol. The van der Waals surface area contributed by atoms with Crippen LogP contribution in [0.4, 0.5) is 0 Å². The molecule has 0 spiro atoms. The molecule has 3 nitrogen and oxygen atoms in total. The Hall–Kier alpha value is -0.640. The van der Waals surface area contributed by atoms with Crippen LogP contribution in [0.1, 0.15) is 18.9 Å². The van der Waals surface area contributed by atoms with Gasteiger partial charge in [0.05, 0.1) is 11.1 Å². The standard InChI is InChI=1S/C11H15ClN2O/c1-8-11(13,3-5-15-8)6-9-2-4-14-7-10(9)12/h2,4,7-8H,3,5-6,13H2,1H3. The minimum Gasteiger partial charge on any atom is -0.377 e. The first kappa shape index (κ1) is 10.9. The van der Waals surface area contributed by atoms with E-state index < -0.39 is 0 Å². The Bertz CT molecular complexity index is 358. The Morgan fingerprint density at radius 3 is 3.13 bits per heavy atom. The maximum atomic E-state index is 6.30. The van der Waals surface area contributed by atoms with E-state index in [0.717, 1.165) is 25.0 Å². The fourth-order valence-corrected chi connectivity index (χ4v) is 2.12. The lowest BCUT2D eigenvalue weighted by Gasteiger charge is -2.27. The molecule has 2 heterocycles. The van der Waals surface area contributed by atoms with Gasteiger partial charge < -0.3 is 10.5 Å². The molecule has 0 amide bonds. The zero-order valence-corrected chi connectivity index (χ0v) is 9.50. The highest BCUT2D eigenvalue weighted by Crippen LogP contribution is 2.29. The van der Waals surface area contributed by atoms with Crippen molar-refractivity contribution in [3.05, 3.63) is 29.0 Å². The second kappa shape index (κ2) is 4.08. The molecule has 0 aliphatic carbocycles. The first-order chi connectivity index (χ1) is 7.12. The van der Waals surface area contributed by atoms with Crippen molar-refractivity contribution in [3.8, 4) is 0 Å². The van der Waals surface area contributed by atoms with Crippen LogP contribution in [0.15, 0.2) is 18.5 Å². The summed E-state index contributed by atoms with van der Waals surface area (Å²) in [5.41, 5.74) is 7.06. The van der Waals surface area contributed by atoms with E-state index in [1.807, 2.05) is 13.0 Å². The first-order valence-electron chi connectivity index (χ1n) is 5.11. The molecule has 1 fully saturated rings. The maximum Gasteiger partial charge on any atom is 0.0730 e. The summed E-state index contributed by atoms with van der Waals surface area (Å²) in [5.74, 6) is 0. The van der Waals surface area contributed by atoms with Crippen LogP contribution in [0.5, 0.6) is 0 Å². The van der Waals surface area contributed by atoms with Crippen LogP contribution in [0.3, 0.4) is 0 Å². The van der Waals surface area contributed by atoms with Gasteiger partial charge in [-0.2, -0.15) is 0 Å². The molecule has 2 N–H and O–H groups in total. The van der Waals surface area contributed by atoms with E-state index >= 15 is 0 Å². The van der Waals surface area contributed by atoms with Gasteiger partial charge in [-0.05, 0) is 31.4 Å². The highest BCUT2D eigenvalue weighted by Gasteiger charge is 2.38. The summed E-state index contributed by atoms with van der Waals surface area (Å²) in [6.07, 6.45) is 5.11. The van der Waals surface area contributed by atoms with Crippen LogP contribution in [0.25, 0.3) is 0 Å². The van der Waals surface area contributed by atoms with Gasteiger partial charge >= 0.3 is 0 Å². The van der Waals surface area contributed by atoms with Gasteiger partial charge in [-0.1, -0.05) is 11.6 Å². The van der Waals surface area contributed by atoms with Gasteiger partial charge in [0.15, 0.2) is 0 Å². The van der Waals surface area contributed by atoms with Crippen LogP contribution in [0.2, 0.25) is 5.02 Å². The topological polar surface area (TPSA) is 48.1 Å². The van der Waals surface area contributed by atoms with E-state index in [4.69, 9.17) is 22.1 Å². The number of hydrogen-bond donors (Lipinski definition) is 1. The molecule has 1 aliphatic heterocycles. The quantitative estimate of drug-likeness (QED) is 0.837. The Kier molecular flexibility index (Phi) is 2.96. The first-order valence-corrected chi connectivity index (χ1v) is 5.48. The largest absolute Gasteiger partial charge is 0.377 e. The lowest BCUT2D eigenvalue weighted by atomic mass is 9.86. The van der Waals surface area contributed by atoms with Crippen LogP contribution in [-0.4, -0.2) is 23.2 Å². The number of aromatic nitrogens is 1. The van der Waals surface area contributed by atoms with E-state index in [0.29, 0.717) is 5.02 Å². The molecule has 1 aliphatic rings. The van der Waals surface area contributed by atoms with Gasteiger partial charge in [-0.3, -0.25) is 4.98 Å². The third kappa shape index (κ3) is 2.14. The molecule has 4 heteroatoms. The van der Waals surface area contributed by atoms with Crippen molar-refractivity contribution in [1.29, 1.82) is 0 Å². The fraction of sp³-hybridized carbons (Fsp3) is 0.545. The Morgan fingerprint density at radius 1 is 1.73 bits per heavy atom. The molecule has 2 unspecified atom stereocenters. The highest BCUT2D eigenvalue weighted by molar-refractivity contribution is 6.31.